The molecule has 0 aromatic heterocycles. The number of halogens is 5. The van der Waals surface area contributed by atoms with Gasteiger partial charge < -0.3 is 14.7 Å². The second-order valence-corrected chi connectivity index (χ2v) is 30.2. The molecule has 5 atom stereocenters. The number of rotatable bonds is 64. The number of quaternary nitrogens is 1. The van der Waals surface area contributed by atoms with E-state index in [9.17, 15) is 17.8 Å². The standard InChI is InChI=1S/C66H133Cl5N6O4S/c1-8-13-18-23-28-33-39-61(67)56-74(46-44-66(78)72-45-54-77(6,7)53-38-55-82(79,80)81)50-47-73(48-51-75(57-62(68)40-34-29-24-19-14-9-2)58-63(69)41-35-30-25-20-15-10-3)49-52-76(59-64(70)42-36-31-26-21-16-11-4)60-65(71)43-37-32-27-22-17-12-5/h61-65H,8-60H2,1-7H3,(H-,72,78,79,80,81)/p+1. The van der Waals surface area contributed by atoms with Gasteiger partial charge in [0.15, 0.2) is 0 Å². The third-order valence-corrected chi connectivity index (χ3v) is 19.3. The van der Waals surface area contributed by atoms with Gasteiger partial charge in [0.05, 0.1) is 39.5 Å². The van der Waals surface area contributed by atoms with Gasteiger partial charge in [0.1, 0.15) is 0 Å². The summed E-state index contributed by atoms with van der Waals surface area (Å²) in [5.74, 6) is -0.249. The lowest BCUT2D eigenvalue weighted by atomic mass is 10.1. The van der Waals surface area contributed by atoms with Crippen LogP contribution in [-0.4, -0.2) is 188 Å². The van der Waals surface area contributed by atoms with Crippen LogP contribution in [0.2, 0.25) is 0 Å². The predicted octanol–water partition coefficient (Wildman–Crippen LogP) is 17.8. The molecule has 0 aliphatic carbocycles. The van der Waals surface area contributed by atoms with E-state index in [1.165, 1.54) is 186 Å². The maximum Gasteiger partial charge on any atom is 0.265 e. The summed E-state index contributed by atoms with van der Waals surface area (Å²) in [6.45, 7) is 22.9. The molecular weight excluding hydrogens is 1150 g/mol. The van der Waals surface area contributed by atoms with Crippen molar-refractivity contribution in [3.63, 3.8) is 0 Å². The summed E-state index contributed by atoms with van der Waals surface area (Å²) < 4.78 is 32.5. The van der Waals surface area contributed by atoms with E-state index in [4.69, 9.17) is 58.0 Å². The van der Waals surface area contributed by atoms with E-state index in [-0.39, 0.29) is 38.5 Å². The number of carbonyl (C=O) groups is 1. The number of nitrogens with one attached hydrogen (secondary N) is 1. The van der Waals surface area contributed by atoms with Gasteiger partial charge in [0.25, 0.3) is 10.1 Å². The van der Waals surface area contributed by atoms with Crippen LogP contribution in [0, 0.1) is 0 Å². The van der Waals surface area contributed by atoms with Gasteiger partial charge >= 0.3 is 0 Å². The summed E-state index contributed by atoms with van der Waals surface area (Å²) in [4.78, 5) is 23.8. The van der Waals surface area contributed by atoms with Crippen molar-refractivity contribution >= 4 is 74.0 Å². The summed E-state index contributed by atoms with van der Waals surface area (Å²) in [6, 6.07) is 0. The van der Waals surface area contributed by atoms with Gasteiger partial charge in [-0.3, -0.25) is 24.0 Å². The lowest BCUT2D eigenvalue weighted by Gasteiger charge is -2.34. The zero-order valence-corrected chi connectivity index (χ0v) is 59.2. The monoisotopic (exact) mass is 1280 g/mol. The first-order valence-electron chi connectivity index (χ1n) is 34.5. The van der Waals surface area contributed by atoms with Crippen LogP contribution >= 0.6 is 58.0 Å². The maximum atomic E-state index is 13.6. The SMILES string of the molecule is CCCCCCCCC(Cl)CN(CCC(=O)NCC[N+](C)(C)CCCS(=O)(=O)O)CCN(CCN(CC(Cl)CCCCCCCC)CC(Cl)CCCCCCCC)CCN(CC(Cl)CCCCCCCC)CC(Cl)CCCCCCCC. The molecule has 10 nitrogen and oxygen atoms in total. The molecule has 0 aromatic rings. The lowest BCUT2D eigenvalue weighted by Crippen LogP contribution is -2.47. The number of hydrogen-bond donors (Lipinski definition) is 2. The van der Waals surface area contributed by atoms with Gasteiger partial charge in [-0.25, -0.2) is 0 Å². The molecule has 0 aliphatic rings. The minimum absolute atomic E-state index is 0.00583. The van der Waals surface area contributed by atoms with E-state index in [1.54, 1.807) is 0 Å². The van der Waals surface area contributed by atoms with Crippen LogP contribution in [0.1, 0.15) is 272 Å². The number of nitrogens with zero attached hydrogens (tertiary/aromatic N) is 5. The molecule has 492 valence electrons. The first-order valence-corrected chi connectivity index (χ1v) is 38.3. The van der Waals surface area contributed by atoms with Crippen LogP contribution in [0.15, 0.2) is 0 Å². The largest absolute Gasteiger partial charge is 0.350 e. The molecule has 0 fully saturated rings. The molecule has 1 amide bonds. The smallest absolute Gasteiger partial charge is 0.265 e. The quantitative estimate of drug-likeness (QED) is 0.0269. The maximum absolute atomic E-state index is 13.6. The number of unbranched alkanes of at least 4 members (excludes halogenated alkanes) is 25. The van der Waals surface area contributed by atoms with Crippen LogP contribution in [0.4, 0.5) is 0 Å². The van der Waals surface area contributed by atoms with Crippen molar-refractivity contribution in [2.45, 2.75) is 299 Å². The number of alkyl halides is 5. The summed E-state index contributed by atoms with van der Waals surface area (Å²) in [6.07, 6.45) is 43.5. The molecule has 82 heavy (non-hydrogen) atoms. The summed E-state index contributed by atoms with van der Waals surface area (Å²) >= 11 is 36.4. The first-order chi connectivity index (χ1) is 39.4. The first kappa shape index (κ1) is 82.6. The van der Waals surface area contributed by atoms with Crippen molar-refractivity contribution in [3.8, 4) is 0 Å². The van der Waals surface area contributed by atoms with Crippen molar-refractivity contribution in [2.24, 2.45) is 0 Å². The third kappa shape index (κ3) is 55.9. The summed E-state index contributed by atoms with van der Waals surface area (Å²) in [7, 11) is 0.0452. The van der Waals surface area contributed by atoms with Gasteiger partial charge in [0, 0.05) is 118 Å². The zero-order valence-electron chi connectivity index (χ0n) is 54.6. The third-order valence-electron chi connectivity index (χ3n) is 16.7. The lowest BCUT2D eigenvalue weighted by molar-refractivity contribution is -0.889. The molecule has 0 radical (unpaired) electrons. The minimum atomic E-state index is -4.00. The molecule has 0 aliphatic heterocycles. The Kier molecular flexibility index (Phi) is 57.3. The van der Waals surface area contributed by atoms with E-state index in [0.29, 0.717) is 43.5 Å². The molecule has 0 rings (SSSR count). The fourth-order valence-electron chi connectivity index (χ4n) is 11.2. The Bertz CT molecular complexity index is 1410. The van der Waals surface area contributed by atoms with E-state index in [0.717, 1.165) is 111 Å². The Balaban J connectivity index is 6.74. The van der Waals surface area contributed by atoms with Gasteiger partial charge in [-0.1, -0.05) is 227 Å². The second kappa shape index (κ2) is 56.8. The van der Waals surface area contributed by atoms with Crippen molar-refractivity contribution in [2.75, 3.05) is 118 Å². The van der Waals surface area contributed by atoms with E-state index in [1.807, 2.05) is 14.1 Å². The normalized spacial score (nSPS) is 14.4. The average Bonchev–Trinajstić information content (AvgIpc) is 3.42. The molecule has 2 N–H and O–H groups in total. The summed E-state index contributed by atoms with van der Waals surface area (Å²) in [5.41, 5.74) is 0. The fraction of sp³-hybridized carbons (Fsp3) is 0.985. The highest BCUT2D eigenvalue weighted by molar-refractivity contribution is 7.85. The number of carbonyl (C=O) groups excluding carboxylic acids is 1. The number of likely N-dealkylation sites (N-methyl/N-ethyl adjacent to an activating group) is 1. The molecule has 0 saturated heterocycles. The van der Waals surface area contributed by atoms with Crippen molar-refractivity contribution in [1.82, 2.24) is 24.9 Å². The predicted molar refractivity (Wildman–Crippen MR) is 364 cm³/mol. The average molecular weight is 1290 g/mol. The van der Waals surface area contributed by atoms with Crippen molar-refractivity contribution in [3.05, 3.63) is 0 Å². The zero-order chi connectivity index (χ0) is 61.0. The Labute approximate surface area is 534 Å². The molecule has 0 heterocycles. The Morgan fingerprint density at radius 2 is 0.659 bits per heavy atom. The second-order valence-electron chi connectivity index (χ2n) is 25.6. The van der Waals surface area contributed by atoms with Gasteiger partial charge in [-0.05, 0) is 32.1 Å². The van der Waals surface area contributed by atoms with E-state index >= 15 is 0 Å². The molecule has 0 bridgehead atoms. The molecular formula is C66H134Cl5N6O4S+. The van der Waals surface area contributed by atoms with Gasteiger partial charge in [-0.15, -0.1) is 58.0 Å². The van der Waals surface area contributed by atoms with Crippen molar-refractivity contribution < 1.29 is 22.2 Å². The van der Waals surface area contributed by atoms with Crippen LogP contribution in [0.5, 0.6) is 0 Å². The summed E-state index contributed by atoms with van der Waals surface area (Å²) in [5, 5.41) is 3.47. The Hall–Kier alpha value is 0.630. The Morgan fingerprint density at radius 1 is 0.390 bits per heavy atom. The van der Waals surface area contributed by atoms with Gasteiger partial charge in [0.2, 0.25) is 5.91 Å². The van der Waals surface area contributed by atoms with Crippen LogP contribution in [0.3, 0.4) is 0 Å². The van der Waals surface area contributed by atoms with Crippen LogP contribution in [0.25, 0.3) is 0 Å². The minimum Gasteiger partial charge on any atom is -0.350 e. The Morgan fingerprint density at radius 3 is 0.963 bits per heavy atom. The highest BCUT2D eigenvalue weighted by Crippen LogP contribution is 2.21. The molecule has 0 saturated carbocycles. The van der Waals surface area contributed by atoms with Crippen LogP contribution in [-0.2, 0) is 14.9 Å². The molecule has 16 heteroatoms. The topological polar surface area (TPSA) is 96.4 Å². The van der Waals surface area contributed by atoms with Crippen molar-refractivity contribution in [1.29, 1.82) is 0 Å². The number of hydrogen-bond acceptors (Lipinski definition) is 7. The fourth-order valence-corrected chi connectivity index (χ4v) is 13.5. The van der Waals surface area contributed by atoms with Crippen LogP contribution < -0.4 is 5.32 Å². The highest BCUT2D eigenvalue weighted by Gasteiger charge is 2.23. The van der Waals surface area contributed by atoms with E-state index in [2.05, 4.69) is 59.5 Å². The highest BCUT2D eigenvalue weighted by atomic mass is 35.5. The molecule has 0 spiro atoms. The number of amides is 1. The molecule has 0 aromatic carbocycles. The molecule has 5 unspecified atom stereocenters. The van der Waals surface area contributed by atoms with E-state index < -0.39 is 10.1 Å². The van der Waals surface area contributed by atoms with Gasteiger partial charge in [-0.2, -0.15) is 8.42 Å².